The number of aromatic nitrogens is 3. The lowest BCUT2D eigenvalue weighted by molar-refractivity contribution is 0.0701. The zero-order chi connectivity index (χ0) is 39.3. The second-order valence-electron chi connectivity index (χ2n) is 16.3. The normalized spacial score (nSPS) is 18.2. The number of likely N-dealkylation sites (tertiary alicyclic amines) is 1. The van der Waals surface area contributed by atoms with Crippen molar-refractivity contribution in [2.75, 3.05) is 46.1 Å². The number of fused-ring (bicyclic) bond motifs is 5. The van der Waals surface area contributed by atoms with Crippen molar-refractivity contribution in [1.82, 2.24) is 19.4 Å². The van der Waals surface area contributed by atoms with Crippen molar-refractivity contribution in [2.24, 2.45) is 11.7 Å². The fourth-order valence-corrected chi connectivity index (χ4v) is 10.9. The highest BCUT2D eigenvalue weighted by Crippen LogP contribution is 2.44. The molecule has 9 nitrogen and oxygen atoms in total. The van der Waals surface area contributed by atoms with Gasteiger partial charge in [0.15, 0.2) is 0 Å². The van der Waals surface area contributed by atoms with Crippen LogP contribution in [0.15, 0.2) is 69.4 Å². The van der Waals surface area contributed by atoms with Crippen LogP contribution < -0.4 is 16.0 Å². The van der Waals surface area contributed by atoms with Gasteiger partial charge in [0, 0.05) is 22.5 Å². The largest absolute Gasteiger partial charge is 0.491 e. The standard InChI is InChI=1S/C46H56BrN5O4S/c1-30-44(57-29-49-30)34-15-13-33(14-16-34)39(48)9-5-19-51-20-17-32(18-21-51)37-27-36-26-35(12-11-31-6-2-3-7-31)45-50-46(54)43-38(47)8-4-10-40(43)52(45)41(36)28-42(37)56-25-24-55-23-22-53/h4,8,10,13-16,27-29,31-32,35,39,53H,2-3,5-7,9,11-12,17-26,48H2,1H3/t35?,39-/m0/s1. The first-order chi connectivity index (χ1) is 27.9. The molecule has 11 heteroatoms. The number of thiazole rings is 1. The topological polar surface area (TPSA) is 116 Å². The molecule has 2 atom stereocenters. The summed E-state index contributed by atoms with van der Waals surface area (Å²) in [5.74, 6) is 3.07. The van der Waals surface area contributed by atoms with E-state index in [9.17, 15) is 9.90 Å². The number of aryl methyl sites for hydroxylation is 1. The van der Waals surface area contributed by atoms with Crippen LogP contribution in [0.4, 0.5) is 0 Å². The number of benzene rings is 3. The fourth-order valence-electron chi connectivity index (χ4n) is 9.55. The van der Waals surface area contributed by atoms with Gasteiger partial charge >= 0.3 is 0 Å². The highest BCUT2D eigenvalue weighted by molar-refractivity contribution is 9.10. The van der Waals surface area contributed by atoms with Gasteiger partial charge in [-0.15, -0.1) is 11.3 Å². The van der Waals surface area contributed by atoms with Crippen molar-refractivity contribution in [3.63, 3.8) is 0 Å². The molecule has 0 radical (unpaired) electrons. The molecular weight excluding hydrogens is 799 g/mol. The Morgan fingerprint density at radius 2 is 1.82 bits per heavy atom. The van der Waals surface area contributed by atoms with E-state index in [2.05, 4.69) is 79.8 Å². The smallest absolute Gasteiger partial charge is 0.281 e. The van der Waals surface area contributed by atoms with E-state index in [0.717, 1.165) is 97.0 Å². The minimum absolute atomic E-state index is 0.0117. The summed E-state index contributed by atoms with van der Waals surface area (Å²) in [5, 5.41) is 9.87. The van der Waals surface area contributed by atoms with E-state index in [-0.39, 0.29) is 24.1 Å². The van der Waals surface area contributed by atoms with Gasteiger partial charge in [0.25, 0.3) is 5.56 Å². The maximum atomic E-state index is 13.6. The number of nitrogens with zero attached hydrogens (tertiary/aromatic N) is 4. The fraction of sp³-hybridized carbons (Fsp3) is 0.500. The number of rotatable bonds is 16. The molecule has 5 aromatic rings. The van der Waals surface area contributed by atoms with Crippen molar-refractivity contribution in [3.05, 3.63) is 103 Å². The molecule has 3 aromatic carbocycles. The van der Waals surface area contributed by atoms with E-state index in [4.69, 9.17) is 20.2 Å². The molecule has 3 N–H and O–H groups in total. The molecular formula is C46H56BrN5O4S. The first kappa shape index (κ1) is 40.3. The van der Waals surface area contributed by atoms with Crippen LogP contribution in [-0.4, -0.2) is 70.6 Å². The van der Waals surface area contributed by atoms with Gasteiger partial charge in [0.1, 0.15) is 18.2 Å². The summed E-state index contributed by atoms with van der Waals surface area (Å²) < 4.78 is 15.2. The molecule has 1 saturated heterocycles. The van der Waals surface area contributed by atoms with E-state index in [1.165, 1.54) is 59.2 Å². The molecule has 4 heterocycles. The molecule has 302 valence electrons. The monoisotopic (exact) mass is 853 g/mol. The van der Waals surface area contributed by atoms with Gasteiger partial charge in [-0.05, 0) is 140 Å². The lowest BCUT2D eigenvalue weighted by Crippen LogP contribution is -2.34. The van der Waals surface area contributed by atoms with Crippen LogP contribution in [0.25, 0.3) is 27.0 Å². The Bertz CT molecular complexity index is 2190. The lowest BCUT2D eigenvalue weighted by atomic mass is 9.82. The van der Waals surface area contributed by atoms with Crippen molar-refractivity contribution in [2.45, 2.75) is 95.4 Å². The molecule has 2 aliphatic heterocycles. The average molecular weight is 855 g/mol. The molecule has 1 aliphatic carbocycles. The van der Waals surface area contributed by atoms with E-state index >= 15 is 0 Å². The Balaban J connectivity index is 0.995. The Kier molecular flexibility index (Phi) is 13.2. The minimum Gasteiger partial charge on any atom is -0.491 e. The predicted octanol–water partition coefficient (Wildman–Crippen LogP) is 9.24. The van der Waals surface area contributed by atoms with Gasteiger partial charge in [-0.3, -0.25) is 9.36 Å². The minimum atomic E-state index is -0.169. The second-order valence-corrected chi connectivity index (χ2v) is 18.0. The molecule has 0 amide bonds. The van der Waals surface area contributed by atoms with Crippen molar-refractivity contribution in [3.8, 4) is 21.9 Å². The SMILES string of the molecule is Cc1ncsc1-c1ccc([C@@H](N)CCCN2CCC(c3cc4c(cc3OCCOCCO)-n3c(nc(=O)c5c(Br)cccc53)C(CCC3CCCC3)C4)CC2)cc1. The van der Waals surface area contributed by atoms with Crippen LogP contribution in [0.5, 0.6) is 5.75 Å². The van der Waals surface area contributed by atoms with E-state index in [1.807, 2.05) is 17.6 Å². The van der Waals surface area contributed by atoms with Crippen molar-refractivity contribution < 1.29 is 14.6 Å². The number of ether oxygens (including phenoxy) is 2. The number of halogens is 1. The average Bonchev–Trinajstić information content (AvgIpc) is 3.92. The summed E-state index contributed by atoms with van der Waals surface area (Å²) in [6, 6.07) is 19.3. The first-order valence-corrected chi connectivity index (χ1v) is 22.7. The third-order valence-electron chi connectivity index (χ3n) is 12.7. The maximum Gasteiger partial charge on any atom is 0.281 e. The predicted molar refractivity (Wildman–Crippen MR) is 233 cm³/mol. The zero-order valence-corrected chi connectivity index (χ0v) is 35.5. The number of piperidine rings is 1. The van der Waals surface area contributed by atoms with Crippen LogP contribution in [0.2, 0.25) is 0 Å². The van der Waals surface area contributed by atoms with Gasteiger partial charge in [0.05, 0.1) is 52.5 Å². The number of nitrogens with two attached hydrogens (primary N) is 1. The molecule has 1 saturated carbocycles. The van der Waals surface area contributed by atoms with Gasteiger partial charge in [-0.25, -0.2) is 4.98 Å². The Morgan fingerprint density at radius 3 is 2.58 bits per heavy atom. The lowest BCUT2D eigenvalue weighted by Gasteiger charge is -2.35. The number of hydrogen-bond donors (Lipinski definition) is 2. The summed E-state index contributed by atoms with van der Waals surface area (Å²) in [5.41, 5.74) is 16.4. The first-order valence-electron chi connectivity index (χ1n) is 21.1. The van der Waals surface area contributed by atoms with Gasteiger partial charge in [0.2, 0.25) is 0 Å². The van der Waals surface area contributed by atoms with Gasteiger partial charge in [-0.2, -0.15) is 4.98 Å². The van der Waals surface area contributed by atoms with Crippen LogP contribution in [-0.2, 0) is 11.2 Å². The molecule has 0 bridgehead atoms. The molecule has 0 spiro atoms. The molecule has 3 aliphatic rings. The Labute approximate surface area is 348 Å². The van der Waals surface area contributed by atoms with E-state index in [1.54, 1.807) is 11.3 Å². The second kappa shape index (κ2) is 18.6. The molecule has 1 unspecified atom stereocenters. The third kappa shape index (κ3) is 9.09. The van der Waals surface area contributed by atoms with Gasteiger partial charge < -0.3 is 25.2 Å². The summed E-state index contributed by atoms with van der Waals surface area (Å²) in [6.45, 7) is 6.25. The molecule has 57 heavy (non-hydrogen) atoms. The Morgan fingerprint density at radius 1 is 1.02 bits per heavy atom. The van der Waals surface area contributed by atoms with Crippen LogP contribution in [0.1, 0.15) is 110 Å². The van der Waals surface area contributed by atoms with Crippen LogP contribution in [0, 0.1) is 12.8 Å². The summed E-state index contributed by atoms with van der Waals surface area (Å²) in [7, 11) is 0. The quantitative estimate of drug-likeness (QED) is 0.0945. The van der Waals surface area contributed by atoms with Crippen molar-refractivity contribution >= 4 is 38.2 Å². The zero-order valence-electron chi connectivity index (χ0n) is 33.1. The Hall–Kier alpha value is -3.45. The summed E-state index contributed by atoms with van der Waals surface area (Å²) in [6.07, 6.45) is 12.5. The van der Waals surface area contributed by atoms with E-state index in [0.29, 0.717) is 31.1 Å². The van der Waals surface area contributed by atoms with Gasteiger partial charge in [-0.1, -0.05) is 56.0 Å². The maximum absolute atomic E-state index is 13.6. The van der Waals surface area contributed by atoms with Crippen molar-refractivity contribution in [1.29, 1.82) is 0 Å². The van der Waals surface area contributed by atoms with Crippen LogP contribution in [0.3, 0.4) is 0 Å². The molecule has 2 aromatic heterocycles. The number of aliphatic hydroxyl groups excluding tert-OH is 1. The molecule has 8 rings (SSSR count). The highest BCUT2D eigenvalue weighted by Gasteiger charge is 2.32. The number of aliphatic hydroxyl groups is 1. The summed E-state index contributed by atoms with van der Waals surface area (Å²) in [4.78, 5) is 26.6. The van der Waals surface area contributed by atoms with Crippen LogP contribution >= 0.6 is 27.3 Å². The molecule has 2 fully saturated rings. The third-order valence-corrected chi connectivity index (χ3v) is 14.3. The number of hydrogen-bond acceptors (Lipinski definition) is 9. The highest BCUT2D eigenvalue weighted by atomic mass is 79.9. The summed E-state index contributed by atoms with van der Waals surface area (Å²) >= 11 is 5.35. The van der Waals surface area contributed by atoms with E-state index < -0.39 is 0 Å².